The maximum absolute atomic E-state index is 12.0. The van der Waals surface area contributed by atoms with E-state index in [0.717, 1.165) is 17.2 Å². The van der Waals surface area contributed by atoms with Crippen LogP contribution < -0.4 is 15.6 Å². The van der Waals surface area contributed by atoms with E-state index in [1.54, 1.807) is 12.1 Å². The lowest BCUT2D eigenvalue weighted by molar-refractivity contribution is -0.384. The number of nitro benzene ring substituents is 1. The van der Waals surface area contributed by atoms with Gasteiger partial charge in [-0.05, 0) is 29.3 Å². The Bertz CT molecular complexity index is 1020. The molecular formula is C21H17N3O5. The first-order chi connectivity index (χ1) is 14.0. The molecule has 0 fully saturated rings. The van der Waals surface area contributed by atoms with E-state index >= 15 is 0 Å². The highest BCUT2D eigenvalue weighted by Gasteiger charge is 2.12. The Hall–Kier alpha value is -4.20. The highest BCUT2D eigenvalue weighted by atomic mass is 16.6. The van der Waals surface area contributed by atoms with Crippen molar-refractivity contribution in [1.82, 2.24) is 10.9 Å². The number of carbonyl (C=O) groups is 2. The Morgan fingerprint density at radius 1 is 0.862 bits per heavy atom. The average Bonchev–Trinajstić information content (AvgIpc) is 2.77. The van der Waals surface area contributed by atoms with E-state index in [1.165, 1.54) is 18.2 Å². The number of amides is 2. The molecule has 0 saturated carbocycles. The second kappa shape index (κ2) is 9.14. The smallest absolute Gasteiger partial charge is 0.276 e. The van der Waals surface area contributed by atoms with Gasteiger partial charge in [0.15, 0.2) is 6.61 Å². The van der Waals surface area contributed by atoms with Crippen LogP contribution in [0, 0.1) is 10.1 Å². The van der Waals surface area contributed by atoms with Crippen molar-refractivity contribution in [2.45, 2.75) is 0 Å². The van der Waals surface area contributed by atoms with Gasteiger partial charge >= 0.3 is 0 Å². The lowest BCUT2D eigenvalue weighted by Crippen LogP contribution is -2.43. The van der Waals surface area contributed by atoms with Crippen LogP contribution in [0.1, 0.15) is 10.4 Å². The molecule has 8 heteroatoms. The summed E-state index contributed by atoms with van der Waals surface area (Å²) in [5, 5.41) is 10.8. The fourth-order valence-corrected chi connectivity index (χ4v) is 2.52. The topological polar surface area (TPSA) is 111 Å². The number of ether oxygens (including phenoxy) is 1. The molecule has 0 bridgehead atoms. The minimum absolute atomic E-state index is 0.0527. The van der Waals surface area contributed by atoms with Gasteiger partial charge in [-0.3, -0.25) is 30.6 Å². The second-order valence-corrected chi connectivity index (χ2v) is 5.99. The highest BCUT2D eigenvalue weighted by Crippen LogP contribution is 2.22. The lowest BCUT2D eigenvalue weighted by atomic mass is 10.1. The van der Waals surface area contributed by atoms with E-state index in [9.17, 15) is 19.7 Å². The maximum atomic E-state index is 12.0. The zero-order valence-electron chi connectivity index (χ0n) is 15.2. The molecule has 3 aromatic carbocycles. The molecule has 0 aliphatic rings. The van der Waals surface area contributed by atoms with Gasteiger partial charge in [0.25, 0.3) is 17.5 Å². The summed E-state index contributed by atoms with van der Waals surface area (Å²) in [5.41, 5.74) is 6.32. The van der Waals surface area contributed by atoms with E-state index in [1.807, 2.05) is 42.5 Å². The minimum atomic E-state index is -0.672. The Balaban J connectivity index is 1.48. The number of carbonyl (C=O) groups excluding carboxylic acids is 2. The van der Waals surface area contributed by atoms with Gasteiger partial charge in [0, 0.05) is 17.7 Å². The Morgan fingerprint density at radius 3 is 2.24 bits per heavy atom. The van der Waals surface area contributed by atoms with Crippen molar-refractivity contribution in [1.29, 1.82) is 0 Å². The van der Waals surface area contributed by atoms with Gasteiger partial charge in [0.05, 0.1) is 4.92 Å². The monoisotopic (exact) mass is 391 g/mol. The molecule has 2 N–H and O–H groups in total. The predicted octanol–water partition coefficient (Wildman–Crippen LogP) is 3.10. The summed E-state index contributed by atoms with van der Waals surface area (Å²) in [7, 11) is 0. The molecular weight excluding hydrogens is 374 g/mol. The van der Waals surface area contributed by atoms with Gasteiger partial charge in [-0.1, -0.05) is 48.5 Å². The largest absolute Gasteiger partial charge is 0.484 e. The van der Waals surface area contributed by atoms with Crippen LogP contribution in [0.4, 0.5) is 5.69 Å². The molecule has 0 unspecified atom stereocenters. The molecule has 0 saturated heterocycles. The molecule has 0 aromatic heterocycles. The number of benzene rings is 3. The van der Waals surface area contributed by atoms with Crippen LogP contribution in [0.15, 0.2) is 78.9 Å². The first-order valence-electron chi connectivity index (χ1n) is 8.65. The molecule has 29 heavy (non-hydrogen) atoms. The molecule has 0 spiro atoms. The average molecular weight is 391 g/mol. The van der Waals surface area contributed by atoms with Gasteiger partial charge in [-0.25, -0.2) is 0 Å². The van der Waals surface area contributed by atoms with Crippen molar-refractivity contribution in [3.63, 3.8) is 0 Å². The number of rotatable bonds is 6. The number of non-ortho nitro benzene ring substituents is 1. The third-order valence-electron chi connectivity index (χ3n) is 3.97. The van der Waals surface area contributed by atoms with Crippen molar-refractivity contribution < 1.29 is 19.2 Å². The van der Waals surface area contributed by atoms with E-state index in [4.69, 9.17) is 4.74 Å². The fraction of sp³-hybridized carbons (Fsp3) is 0.0476. The molecule has 0 atom stereocenters. The summed E-state index contributed by atoms with van der Waals surface area (Å²) in [6.07, 6.45) is 0. The second-order valence-electron chi connectivity index (χ2n) is 5.99. The van der Waals surface area contributed by atoms with Crippen molar-refractivity contribution in [3.05, 3.63) is 94.5 Å². The molecule has 8 nitrogen and oxygen atoms in total. The van der Waals surface area contributed by atoms with Crippen LogP contribution in [0.2, 0.25) is 0 Å². The number of nitrogens with one attached hydrogen (secondary N) is 2. The van der Waals surface area contributed by atoms with E-state index in [-0.39, 0.29) is 17.9 Å². The quantitative estimate of drug-likeness (QED) is 0.495. The third kappa shape index (κ3) is 5.39. The molecule has 2 amide bonds. The zero-order chi connectivity index (χ0) is 20.6. The lowest BCUT2D eigenvalue weighted by Gasteiger charge is -2.09. The number of hydrogen-bond donors (Lipinski definition) is 2. The molecule has 146 valence electrons. The first kappa shape index (κ1) is 19.6. The summed E-state index contributed by atoms with van der Waals surface area (Å²) in [6, 6.07) is 22.3. The third-order valence-corrected chi connectivity index (χ3v) is 3.97. The van der Waals surface area contributed by atoms with Crippen LogP contribution in [-0.4, -0.2) is 23.3 Å². The molecule has 0 aliphatic carbocycles. The summed E-state index contributed by atoms with van der Waals surface area (Å²) >= 11 is 0. The summed E-state index contributed by atoms with van der Waals surface area (Å²) in [4.78, 5) is 34.0. The van der Waals surface area contributed by atoms with Crippen molar-refractivity contribution in [3.8, 4) is 16.9 Å². The number of nitrogens with zero attached hydrogens (tertiary/aromatic N) is 1. The standard InChI is InChI=1S/C21H17N3O5/c25-20(22-23-21(26)17-7-4-8-18(13-17)24(27)28)14-29-19-11-9-16(10-12-19)15-5-2-1-3-6-15/h1-13H,14H2,(H,22,25)(H,23,26). The van der Waals surface area contributed by atoms with E-state index < -0.39 is 16.7 Å². The summed E-state index contributed by atoms with van der Waals surface area (Å²) in [6.45, 7) is -0.306. The fourth-order valence-electron chi connectivity index (χ4n) is 2.52. The summed E-state index contributed by atoms with van der Waals surface area (Å²) in [5.74, 6) is -0.741. The molecule has 0 aliphatic heterocycles. The Labute approximate surface area is 166 Å². The van der Waals surface area contributed by atoms with E-state index in [0.29, 0.717) is 5.75 Å². The maximum Gasteiger partial charge on any atom is 0.276 e. The Kier molecular flexibility index (Phi) is 6.16. The van der Waals surface area contributed by atoms with Gasteiger partial charge in [-0.2, -0.15) is 0 Å². The van der Waals surface area contributed by atoms with Gasteiger partial charge < -0.3 is 4.74 Å². The van der Waals surface area contributed by atoms with Crippen molar-refractivity contribution in [2.24, 2.45) is 0 Å². The molecule has 0 radical (unpaired) electrons. The normalized spacial score (nSPS) is 10.1. The van der Waals surface area contributed by atoms with Gasteiger partial charge in [0.2, 0.25) is 0 Å². The molecule has 0 heterocycles. The van der Waals surface area contributed by atoms with Crippen LogP contribution >= 0.6 is 0 Å². The molecule has 3 aromatic rings. The minimum Gasteiger partial charge on any atom is -0.484 e. The summed E-state index contributed by atoms with van der Waals surface area (Å²) < 4.78 is 5.39. The first-order valence-corrected chi connectivity index (χ1v) is 8.65. The number of nitro groups is 1. The predicted molar refractivity (Wildman–Crippen MR) is 106 cm³/mol. The van der Waals surface area contributed by atoms with Crippen molar-refractivity contribution in [2.75, 3.05) is 6.61 Å². The van der Waals surface area contributed by atoms with E-state index in [2.05, 4.69) is 10.9 Å². The number of hydrogen-bond acceptors (Lipinski definition) is 5. The SMILES string of the molecule is O=C(COc1ccc(-c2ccccc2)cc1)NNC(=O)c1cccc([N+](=O)[O-])c1. The molecule has 3 rings (SSSR count). The van der Waals surface area contributed by atoms with Crippen LogP contribution in [0.25, 0.3) is 11.1 Å². The zero-order valence-corrected chi connectivity index (χ0v) is 15.2. The van der Waals surface area contributed by atoms with Crippen LogP contribution in [-0.2, 0) is 4.79 Å². The van der Waals surface area contributed by atoms with Crippen molar-refractivity contribution >= 4 is 17.5 Å². The Morgan fingerprint density at radius 2 is 1.55 bits per heavy atom. The van der Waals surface area contributed by atoms with Crippen LogP contribution in [0.5, 0.6) is 5.75 Å². The number of hydrazine groups is 1. The van der Waals surface area contributed by atoms with Gasteiger partial charge in [0.1, 0.15) is 5.75 Å². The van der Waals surface area contributed by atoms with Gasteiger partial charge in [-0.15, -0.1) is 0 Å². The highest BCUT2D eigenvalue weighted by molar-refractivity contribution is 5.96. The van der Waals surface area contributed by atoms with Crippen LogP contribution in [0.3, 0.4) is 0 Å².